The third-order valence-electron chi connectivity index (χ3n) is 3.19. The Hall–Kier alpha value is -0.120. The summed E-state index contributed by atoms with van der Waals surface area (Å²) in [6.07, 6.45) is 0.909. The molecule has 0 heterocycles. The number of likely N-dealkylation sites (N-methyl/N-ethyl adjacent to an activating group) is 1. The van der Waals surface area contributed by atoms with Crippen molar-refractivity contribution in [1.29, 1.82) is 0 Å². The van der Waals surface area contributed by atoms with E-state index in [0.717, 1.165) is 32.6 Å². The van der Waals surface area contributed by atoms with Crippen LogP contribution in [0.1, 0.15) is 41.0 Å². The summed E-state index contributed by atoms with van der Waals surface area (Å²) in [5, 5.41) is 12.9. The normalized spacial score (nSPS) is 17.5. The first-order valence-electron chi connectivity index (χ1n) is 6.86. The summed E-state index contributed by atoms with van der Waals surface area (Å²) in [5.41, 5.74) is 0.290. The second-order valence-corrected chi connectivity index (χ2v) is 6.23. The minimum absolute atomic E-state index is 0.246. The highest BCUT2D eigenvalue weighted by atomic mass is 16.3. The van der Waals surface area contributed by atoms with Crippen molar-refractivity contribution in [3.05, 3.63) is 0 Å². The predicted molar refractivity (Wildman–Crippen MR) is 75.3 cm³/mol. The van der Waals surface area contributed by atoms with Crippen LogP contribution in [0.2, 0.25) is 0 Å². The Morgan fingerprint density at radius 1 is 1.29 bits per heavy atom. The highest BCUT2D eigenvalue weighted by Crippen LogP contribution is 2.21. The van der Waals surface area contributed by atoms with E-state index in [1.165, 1.54) is 0 Å². The van der Waals surface area contributed by atoms with Crippen LogP contribution in [0, 0.1) is 11.3 Å². The number of aliphatic hydroxyl groups is 1. The minimum Gasteiger partial charge on any atom is -0.392 e. The lowest BCUT2D eigenvalue weighted by Crippen LogP contribution is -2.43. The molecular formula is C14H32N2O. The zero-order chi connectivity index (χ0) is 13.5. The third-order valence-corrected chi connectivity index (χ3v) is 3.19. The first-order chi connectivity index (χ1) is 7.79. The van der Waals surface area contributed by atoms with Gasteiger partial charge in [0.1, 0.15) is 0 Å². The molecule has 0 aliphatic rings. The lowest BCUT2D eigenvalue weighted by molar-refractivity contribution is 0.108. The van der Waals surface area contributed by atoms with E-state index < -0.39 is 0 Å². The average Bonchev–Trinajstić information content (AvgIpc) is 2.15. The monoisotopic (exact) mass is 244 g/mol. The maximum absolute atomic E-state index is 9.38. The molecule has 0 aromatic carbocycles. The molecule has 3 nitrogen and oxygen atoms in total. The zero-order valence-corrected chi connectivity index (χ0v) is 12.6. The molecule has 2 N–H and O–H groups in total. The fraction of sp³-hybridized carbons (Fsp3) is 1.00. The maximum atomic E-state index is 9.38. The smallest absolute Gasteiger partial charge is 0.0638 e. The van der Waals surface area contributed by atoms with Gasteiger partial charge in [0.2, 0.25) is 0 Å². The summed E-state index contributed by atoms with van der Waals surface area (Å²) in [6, 6.07) is 0. The van der Waals surface area contributed by atoms with Crippen LogP contribution in [0.25, 0.3) is 0 Å². The molecule has 0 fully saturated rings. The molecule has 0 aromatic heterocycles. The molecule has 0 aliphatic heterocycles. The summed E-state index contributed by atoms with van der Waals surface area (Å²) in [7, 11) is 2.09. The van der Waals surface area contributed by atoms with Gasteiger partial charge in [0.25, 0.3) is 0 Å². The van der Waals surface area contributed by atoms with Gasteiger partial charge in [-0.25, -0.2) is 0 Å². The quantitative estimate of drug-likeness (QED) is 0.651. The Kier molecular flexibility index (Phi) is 8.01. The van der Waals surface area contributed by atoms with Crippen molar-refractivity contribution >= 4 is 0 Å². The Morgan fingerprint density at radius 2 is 1.88 bits per heavy atom. The fourth-order valence-electron chi connectivity index (χ4n) is 2.12. The molecule has 0 radical (unpaired) electrons. The van der Waals surface area contributed by atoms with Crippen LogP contribution < -0.4 is 5.32 Å². The van der Waals surface area contributed by atoms with E-state index >= 15 is 0 Å². The number of hydrogen-bond acceptors (Lipinski definition) is 3. The summed E-state index contributed by atoms with van der Waals surface area (Å²) in [6.45, 7) is 14.8. The summed E-state index contributed by atoms with van der Waals surface area (Å²) >= 11 is 0. The van der Waals surface area contributed by atoms with E-state index in [0.29, 0.717) is 11.3 Å². The van der Waals surface area contributed by atoms with E-state index in [4.69, 9.17) is 0 Å². The van der Waals surface area contributed by atoms with Crippen molar-refractivity contribution in [2.75, 3.05) is 33.2 Å². The van der Waals surface area contributed by atoms with Gasteiger partial charge in [-0.1, -0.05) is 27.7 Å². The van der Waals surface area contributed by atoms with Crippen molar-refractivity contribution in [2.45, 2.75) is 47.1 Å². The van der Waals surface area contributed by atoms with Gasteiger partial charge in [0.05, 0.1) is 6.10 Å². The summed E-state index contributed by atoms with van der Waals surface area (Å²) < 4.78 is 0. The first-order valence-corrected chi connectivity index (χ1v) is 6.86. The summed E-state index contributed by atoms with van der Waals surface area (Å²) in [4.78, 5) is 2.23. The van der Waals surface area contributed by atoms with E-state index in [2.05, 4.69) is 45.0 Å². The molecule has 104 valence electrons. The minimum atomic E-state index is -0.246. The van der Waals surface area contributed by atoms with Crippen molar-refractivity contribution in [3.8, 4) is 0 Å². The third kappa shape index (κ3) is 8.58. The molecule has 0 amide bonds. The number of hydrogen-bond donors (Lipinski definition) is 2. The SMILES string of the molecule is CCC(C)(CNCC(C)C)CN(C)CC(C)O. The second-order valence-electron chi connectivity index (χ2n) is 6.23. The van der Waals surface area contributed by atoms with Crippen LogP contribution in [-0.2, 0) is 0 Å². The Balaban J connectivity index is 4.07. The molecule has 17 heavy (non-hydrogen) atoms. The molecular weight excluding hydrogens is 212 g/mol. The van der Waals surface area contributed by atoms with Crippen LogP contribution in [0.15, 0.2) is 0 Å². The molecule has 0 aliphatic carbocycles. The van der Waals surface area contributed by atoms with Gasteiger partial charge in [-0.2, -0.15) is 0 Å². The molecule has 2 unspecified atom stereocenters. The van der Waals surface area contributed by atoms with Crippen LogP contribution in [0.5, 0.6) is 0 Å². The van der Waals surface area contributed by atoms with Gasteiger partial charge in [0, 0.05) is 19.6 Å². The number of nitrogens with one attached hydrogen (secondary N) is 1. The van der Waals surface area contributed by atoms with Gasteiger partial charge in [-0.15, -0.1) is 0 Å². The lowest BCUT2D eigenvalue weighted by atomic mass is 9.86. The number of aliphatic hydroxyl groups excluding tert-OH is 1. The van der Waals surface area contributed by atoms with E-state index in [9.17, 15) is 5.11 Å². The first kappa shape index (κ1) is 16.9. The number of nitrogens with zero attached hydrogens (tertiary/aromatic N) is 1. The Morgan fingerprint density at radius 3 is 2.29 bits per heavy atom. The average molecular weight is 244 g/mol. The van der Waals surface area contributed by atoms with Crippen LogP contribution in [0.3, 0.4) is 0 Å². The highest BCUT2D eigenvalue weighted by molar-refractivity contribution is 4.79. The van der Waals surface area contributed by atoms with E-state index in [1.54, 1.807) is 0 Å². The van der Waals surface area contributed by atoms with E-state index in [-0.39, 0.29) is 6.10 Å². The van der Waals surface area contributed by atoms with Crippen molar-refractivity contribution < 1.29 is 5.11 Å². The van der Waals surface area contributed by atoms with Gasteiger partial charge in [-0.05, 0) is 38.3 Å². The van der Waals surface area contributed by atoms with Crippen LogP contribution in [-0.4, -0.2) is 49.3 Å². The van der Waals surface area contributed by atoms with Gasteiger partial charge in [-0.3, -0.25) is 0 Å². The molecule has 0 aromatic rings. The molecule has 0 saturated heterocycles. The molecule has 2 atom stereocenters. The van der Waals surface area contributed by atoms with Gasteiger partial charge >= 0.3 is 0 Å². The topological polar surface area (TPSA) is 35.5 Å². The molecule has 0 bridgehead atoms. The molecule has 0 saturated carbocycles. The fourth-order valence-corrected chi connectivity index (χ4v) is 2.12. The van der Waals surface area contributed by atoms with Crippen LogP contribution in [0.4, 0.5) is 0 Å². The van der Waals surface area contributed by atoms with E-state index in [1.807, 2.05) is 6.92 Å². The summed E-state index contributed by atoms with van der Waals surface area (Å²) in [5.74, 6) is 0.700. The standard InChI is InChI=1S/C14H32N2O/c1-7-14(5,10-15-8-12(2)3)11-16(6)9-13(4)17/h12-13,15,17H,7-11H2,1-6H3. The van der Waals surface area contributed by atoms with Gasteiger partial charge in [0.15, 0.2) is 0 Å². The maximum Gasteiger partial charge on any atom is 0.0638 e. The van der Waals surface area contributed by atoms with Crippen LogP contribution >= 0.6 is 0 Å². The molecule has 3 heteroatoms. The van der Waals surface area contributed by atoms with Gasteiger partial charge < -0.3 is 15.3 Å². The second kappa shape index (κ2) is 8.06. The largest absolute Gasteiger partial charge is 0.392 e. The molecule has 0 rings (SSSR count). The Labute approximate surface area is 108 Å². The predicted octanol–water partition coefficient (Wildman–Crippen LogP) is 1.96. The zero-order valence-electron chi connectivity index (χ0n) is 12.6. The lowest BCUT2D eigenvalue weighted by Gasteiger charge is -2.34. The highest BCUT2D eigenvalue weighted by Gasteiger charge is 2.24. The van der Waals surface area contributed by atoms with Crippen molar-refractivity contribution in [2.24, 2.45) is 11.3 Å². The number of rotatable bonds is 9. The van der Waals surface area contributed by atoms with Crippen molar-refractivity contribution in [1.82, 2.24) is 10.2 Å². The Bertz CT molecular complexity index is 195. The molecule has 0 spiro atoms. The van der Waals surface area contributed by atoms with Crippen molar-refractivity contribution in [3.63, 3.8) is 0 Å².